The summed E-state index contributed by atoms with van der Waals surface area (Å²) >= 11 is 0. The molecule has 0 aliphatic carbocycles. The lowest BCUT2D eigenvalue weighted by atomic mass is 10.0. The number of hydrogen-bond acceptors (Lipinski definition) is 8. The zero-order valence-electron chi connectivity index (χ0n) is 16.9. The average Bonchev–Trinajstić information content (AvgIpc) is 2.73. The second-order valence-electron chi connectivity index (χ2n) is 6.53. The maximum atomic E-state index is 13.5. The van der Waals surface area contributed by atoms with Gasteiger partial charge in [0.25, 0.3) is 5.88 Å². The molecule has 2 N–H and O–H groups in total. The Balaban J connectivity index is 1.88. The third-order valence-corrected chi connectivity index (χ3v) is 4.21. The number of ether oxygens (including phenoxy) is 1. The molecule has 8 nitrogen and oxygen atoms in total. The molecule has 2 heterocycles. The number of allylic oxidation sites excluding steroid dienone is 1. The minimum Gasteiger partial charge on any atom is -0.479 e. The number of aryl methyl sites for hydroxylation is 2. The van der Waals surface area contributed by atoms with Crippen molar-refractivity contribution >= 4 is 29.2 Å². The summed E-state index contributed by atoms with van der Waals surface area (Å²) in [5.41, 5.74) is 3.42. The van der Waals surface area contributed by atoms with Crippen molar-refractivity contribution in [2.45, 2.75) is 20.3 Å². The van der Waals surface area contributed by atoms with E-state index in [2.05, 4.69) is 37.1 Å². The fourth-order valence-corrected chi connectivity index (χ4v) is 2.66. The molecule has 0 amide bonds. The number of methoxy groups -OCH3 is 1. The Labute approximate surface area is 173 Å². The largest absolute Gasteiger partial charge is 0.479 e. The summed E-state index contributed by atoms with van der Waals surface area (Å²) < 4.78 is 18.4. The first-order chi connectivity index (χ1) is 14.4. The number of anilines is 4. The Morgan fingerprint density at radius 3 is 2.63 bits per heavy atom. The van der Waals surface area contributed by atoms with Gasteiger partial charge in [0.1, 0.15) is 5.82 Å². The highest BCUT2D eigenvalue weighted by molar-refractivity contribution is 5.92. The number of rotatable bonds is 8. The molecule has 0 atom stereocenters. The second kappa shape index (κ2) is 9.08. The third-order valence-electron chi connectivity index (χ3n) is 4.21. The van der Waals surface area contributed by atoms with Gasteiger partial charge in [0.2, 0.25) is 17.7 Å². The van der Waals surface area contributed by atoms with Crippen LogP contribution in [0.1, 0.15) is 16.7 Å². The van der Waals surface area contributed by atoms with Crippen molar-refractivity contribution in [1.82, 2.24) is 19.9 Å². The van der Waals surface area contributed by atoms with E-state index < -0.39 is 5.82 Å². The van der Waals surface area contributed by atoms with Crippen LogP contribution < -0.4 is 15.4 Å². The predicted octanol–water partition coefficient (Wildman–Crippen LogP) is 3.82. The van der Waals surface area contributed by atoms with E-state index >= 15 is 0 Å². The minimum atomic E-state index is -0.670. The molecule has 154 valence electrons. The molecule has 0 unspecified atom stereocenters. The fraction of sp³-hybridized carbons (Fsp3) is 0.190. The van der Waals surface area contributed by atoms with Crippen molar-refractivity contribution in [2.75, 3.05) is 17.7 Å². The molecule has 0 saturated carbocycles. The maximum absolute atomic E-state index is 13.5. The number of carbonyl (C=O) groups is 1. The molecule has 3 rings (SSSR count). The highest BCUT2D eigenvalue weighted by atomic mass is 19.1. The molecule has 0 spiro atoms. The second-order valence-corrected chi connectivity index (χ2v) is 6.53. The number of halogens is 1. The summed E-state index contributed by atoms with van der Waals surface area (Å²) in [6.07, 6.45) is 4.16. The molecular formula is C21H21FN6O2. The van der Waals surface area contributed by atoms with Gasteiger partial charge in [0.05, 0.1) is 13.3 Å². The van der Waals surface area contributed by atoms with E-state index in [0.29, 0.717) is 5.82 Å². The van der Waals surface area contributed by atoms with E-state index in [1.54, 1.807) is 6.20 Å². The smallest absolute Gasteiger partial charge is 0.255 e. The van der Waals surface area contributed by atoms with E-state index in [-0.39, 0.29) is 30.0 Å². The lowest BCUT2D eigenvalue weighted by molar-refractivity contribution is -0.114. The molecule has 0 aliphatic heterocycles. The number of carbonyl (C=O) groups excluding carboxylic acids is 1. The topological polar surface area (TPSA) is 102 Å². The Morgan fingerprint density at radius 1 is 1.17 bits per heavy atom. The van der Waals surface area contributed by atoms with Gasteiger partial charge in [0.15, 0.2) is 5.78 Å². The molecule has 0 fully saturated rings. The normalized spacial score (nSPS) is 10.4. The number of nitrogens with zero attached hydrogens (tertiary/aromatic N) is 4. The lowest BCUT2D eigenvalue weighted by Gasteiger charge is -2.14. The SMILES string of the molecule is C=CC(=O)Cc1cc(C)ccc1Nc1nc(Nc2ncc(F)c(OC)n2)ncc1C. The first kappa shape index (κ1) is 20.8. The van der Waals surface area contributed by atoms with Crippen LogP contribution in [0.2, 0.25) is 0 Å². The predicted molar refractivity (Wildman–Crippen MR) is 112 cm³/mol. The van der Waals surface area contributed by atoms with Crippen LogP contribution in [-0.2, 0) is 11.2 Å². The Hall–Kier alpha value is -3.88. The van der Waals surface area contributed by atoms with Crippen LogP contribution in [-0.4, -0.2) is 32.8 Å². The van der Waals surface area contributed by atoms with Gasteiger partial charge in [0, 0.05) is 23.9 Å². The molecule has 9 heteroatoms. The maximum Gasteiger partial charge on any atom is 0.255 e. The number of hydrogen-bond donors (Lipinski definition) is 2. The Bertz CT molecular complexity index is 1100. The molecule has 0 bridgehead atoms. The van der Waals surface area contributed by atoms with Crippen LogP contribution in [0.4, 0.5) is 27.8 Å². The highest BCUT2D eigenvalue weighted by Crippen LogP contribution is 2.25. The van der Waals surface area contributed by atoms with Crippen molar-refractivity contribution in [1.29, 1.82) is 0 Å². The van der Waals surface area contributed by atoms with Gasteiger partial charge in [-0.2, -0.15) is 14.4 Å². The third kappa shape index (κ3) is 4.93. The van der Waals surface area contributed by atoms with Crippen LogP contribution in [0.15, 0.2) is 43.2 Å². The molecule has 1 aromatic carbocycles. The quantitative estimate of drug-likeness (QED) is 0.543. The van der Waals surface area contributed by atoms with Gasteiger partial charge in [-0.3, -0.25) is 10.1 Å². The van der Waals surface area contributed by atoms with Gasteiger partial charge in [-0.05, 0) is 31.6 Å². The first-order valence-corrected chi connectivity index (χ1v) is 9.08. The van der Waals surface area contributed by atoms with E-state index in [0.717, 1.165) is 28.6 Å². The van der Waals surface area contributed by atoms with Crippen molar-refractivity contribution < 1.29 is 13.9 Å². The lowest BCUT2D eigenvalue weighted by Crippen LogP contribution is -2.07. The summed E-state index contributed by atoms with van der Waals surface area (Å²) in [6, 6.07) is 5.78. The first-order valence-electron chi connectivity index (χ1n) is 9.08. The fourth-order valence-electron chi connectivity index (χ4n) is 2.66. The monoisotopic (exact) mass is 408 g/mol. The summed E-state index contributed by atoms with van der Waals surface area (Å²) in [5, 5.41) is 6.08. The van der Waals surface area contributed by atoms with Crippen molar-refractivity contribution in [3.05, 3.63) is 65.8 Å². The zero-order chi connectivity index (χ0) is 21.7. The molecule has 30 heavy (non-hydrogen) atoms. The van der Waals surface area contributed by atoms with Crippen molar-refractivity contribution in [3.8, 4) is 5.88 Å². The standard InChI is InChI=1S/C21H21FN6O2/c1-5-15(29)9-14-8-12(2)6-7-17(14)25-18-13(3)10-23-20(26-18)28-21-24-11-16(22)19(27-21)30-4/h5-8,10-11H,1,9H2,2-4H3,(H2,23,24,25,26,27,28). The molecule has 0 saturated heterocycles. The molecule has 3 aromatic rings. The molecule has 0 aliphatic rings. The Kier molecular flexibility index (Phi) is 6.31. The van der Waals surface area contributed by atoms with Crippen LogP contribution >= 0.6 is 0 Å². The molecular weight excluding hydrogens is 387 g/mol. The summed E-state index contributed by atoms with van der Waals surface area (Å²) in [7, 11) is 1.32. The molecule has 2 aromatic heterocycles. The van der Waals surface area contributed by atoms with Crippen LogP contribution in [0.25, 0.3) is 0 Å². The van der Waals surface area contributed by atoms with E-state index in [4.69, 9.17) is 4.74 Å². The summed E-state index contributed by atoms with van der Waals surface area (Å²) in [6.45, 7) is 7.35. The van der Waals surface area contributed by atoms with Crippen molar-refractivity contribution in [3.63, 3.8) is 0 Å². The number of nitrogens with one attached hydrogen (secondary N) is 2. The van der Waals surface area contributed by atoms with Crippen LogP contribution in [0.3, 0.4) is 0 Å². The zero-order valence-corrected chi connectivity index (χ0v) is 16.9. The van der Waals surface area contributed by atoms with Crippen LogP contribution in [0, 0.1) is 19.7 Å². The summed E-state index contributed by atoms with van der Waals surface area (Å²) in [4.78, 5) is 28.3. The van der Waals surface area contributed by atoms with Gasteiger partial charge in [-0.25, -0.2) is 9.97 Å². The molecule has 0 radical (unpaired) electrons. The Morgan fingerprint density at radius 2 is 1.90 bits per heavy atom. The van der Waals surface area contributed by atoms with E-state index in [1.165, 1.54) is 13.2 Å². The number of aromatic nitrogens is 4. The van der Waals surface area contributed by atoms with Crippen molar-refractivity contribution in [2.24, 2.45) is 0 Å². The highest BCUT2D eigenvalue weighted by Gasteiger charge is 2.12. The van der Waals surface area contributed by atoms with Gasteiger partial charge in [-0.15, -0.1) is 0 Å². The van der Waals surface area contributed by atoms with Crippen LogP contribution in [0.5, 0.6) is 5.88 Å². The average molecular weight is 408 g/mol. The minimum absolute atomic E-state index is 0.0761. The number of ketones is 1. The van der Waals surface area contributed by atoms with E-state index in [1.807, 2.05) is 32.0 Å². The van der Waals surface area contributed by atoms with Gasteiger partial charge in [-0.1, -0.05) is 24.3 Å². The van der Waals surface area contributed by atoms with Gasteiger partial charge < -0.3 is 10.1 Å². The van der Waals surface area contributed by atoms with Gasteiger partial charge >= 0.3 is 0 Å². The van der Waals surface area contributed by atoms with E-state index in [9.17, 15) is 9.18 Å². The number of benzene rings is 1. The summed E-state index contributed by atoms with van der Waals surface area (Å²) in [5.74, 6) is -0.0841.